The van der Waals surface area contributed by atoms with Gasteiger partial charge in [-0.05, 0) is 32.0 Å². The van der Waals surface area contributed by atoms with Crippen molar-refractivity contribution in [2.45, 2.75) is 24.3 Å². The standard InChI is InChI=1S/C17H13Cl2N5OS/c1-9-3-5-11(6-4-9)16-22-21-15(25-16)10(2)26-17-23-20-14-13(19)7-12(18)8-24(14)17/h3-8,10H,1-2H3/t10-/m0/s1. The van der Waals surface area contributed by atoms with Crippen molar-refractivity contribution in [3.8, 4) is 11.5 Å². The van der Waals surface area contributed by atoms with Crippen molar-refractivity contribution in [1.82, 2.24) is 24.8 Å². The van der Waals surface area contributed by atoms with Gasteiger partial charge in [0.1, 0.15) is 0 Å². The van der Waals surface area contributed by atoms with E-state index in [0.717, 1.165) is 5.56 Å². The van der Waals surface area contributed by atoms with Crippen LogP contribution in [0.4, 0.5) is 0 Å². The lowest BCUT2D eigenvalue weighted by atomic mass is 10.1. The van der Waals surface area contributed by atoms with Gasteiger partial charge in [0.05, 0.1) is 15.3 Å². The predicted molar refractivity (Wildman–Crippen MR) is 102 cm³/mol. The number of nitrogens with zero attached hydrogens (tertiary/aromatic N) is 5. The summed E-state index contributed by atoms with van der Waals surface area (Å²) < 4.78 is 7.58. The van der Waals surface area contributed by atoms with Crippen LogP contribution in [-0.4, -0.2) is 24.8 Å². The van der Waals surface area contributed by atoms with Crippen LogP contribution in [0.25, 0.3) is 17.1 Å². The molecule has 0 saturated heterocycles. The molecule has 3 aromatic heterocycles. The average Bonchev–Trinajstić information content (AvgIpc) is 3.24. The Hall–Kier alpha value is -2.09. The Morgan fingerprint density at radius 1 is 1.08 bits per heavy atom. The first-order valence-electron chi connectivity index (χ1n) is 7.78. The lowest BCUT2D eigenvalue weighted by Gasteiger charge is -2.05. The molecule has 0 amide bonds. The van der Waals surface area contributed by atoms with Gasteiger partial charge in [0.15, 0.2) is 10.8 Å². The van der Waals surface area contributed by atoms with Gasteiger partial charge in [-0.3, -0.25) is 4.40 Å². The molecule has 0 aliphatic rings. The molecule has 132 valence electrons. The molecule has 0 fully saturated rings. The first-order chi connectivity index (χ1) is 12.5. The third kappa shape index (κ3) is 3.30. The van der Waals surface area contributed by atoms with Crippen LogP contribution in [0.1, 0.15) is 23.6 Å². The molecule has 0 aliphatic heterocycles. The Balaban J connectivity index is 1.59. The van der Waals surface area contributed by atoms with Crippen LogP contribution >= 0.6 is 35.0 Å². The minimum absolute atomic E-state index is 0.119. The molecule has 0 aliphatic carbocycles. The highest BCUT2D eigenvalue weighted by Gasteiger charge is 2.20. The van der Waals surface area contributed by atoms with Gasteiger partial charge in [-0.25, -0.2) is 0 Å². The van der Waals surface area contributed by atoms with Gasteiger partial charge in [0, 0.05) is 11.8 Å². The summed E-state index contributed by atoms with van der Waals surface area (Å²) in [5.41, 5.74) is 2.61. The highest BCUT2D eigenvalue weighted by molar-refractivity contribution is 7.99. The van der Waals surface area contributed by atoms with E-state index in [1.807, 2.05) is 38.1 Å². The van der Waals surface area contributed by atoms with Gasteiger partial charge < -0.3 is 4.42 Å². The van der Waals surface area contributed by atoms with Gasteiger partial charge in [0.2, 0.25) is 11.8 Å². The molecule has 3 heterocycles. The number of aromatic nitrogens is 5. The number of benzene rings is 1. The fourth-order valence-electron chi connectivity index (χ4n) is 2.40. The van der Waals surface area contributed by atoms with Crippen molar-refractivity contribution in [2.75, 3.05) is 0 Å². The number of halogens is 2. The van der Waals surface area contributed by atoms with Gasteiger partial charge in [0.25, 0.3) is 0 Å². The first kappa shape index (κ1) is 17.3. The Kier molecular flexibility index (Phi) is 4.60. The molecule has 1 atom stereocenters. The average molecular weight is 406 g/mol. The number of pyridine rings is 1. The monoisotopic (exact) mass is 405 g/mol. The number of thioether (sulfide) groups is 1. The van der Waals surface area contributed by atoms with Gasteiger partial charge in [-0.2, -0.15) is 0 Å². The van der Waals surface area contributed by atoms with E-state index in [9.17, 15) is 0 Å². The van der Waals surface area contributed by atoms with Gasteiger partial charge >= 0.3 is 0 Å². The number of hydrogen-bond acceptors (Lipinski definition) is 6. The summed E-state index contributed by atoms with van der Waals surface area (Å²) in [7, 11) is 0. The summed E-state index contributed by atoms with van der Waals surface area (Å²) in [5, 5.41) is 18.1. The molecule has 0 spiro atoms. The fourth-order valence-corrected chi connectivity index (χ4v) is 3.76. The zero-order valence-corrected chi connectivity index (χ0v) is 16.2. The van der Waals surface area contributed by atoms with E-state index in [4.69, 9.17) is 27.6 Å². The van der Waals surface area contributed by atoms with Gasteiger partial charge in [-0.15, -0.1) is 20.4 Å². The third-order valence-corrected chi connectivity index (χ3v) is 5.29. The molecule has 0 saturated carbocycles. The maximum atomic E-state index is 6.15. The molecule has 1 aromatic carbocycles. The van der Waals surface area contributed by atoms with Crippen LogP contribution in [0, 0.1) is 6.92 Å². The van der Waals surface area contributed by atoms with E-state index in [1.54, 1.807) is 16.7 Å². The Labute approximate surface area is 163 Å². The summed E-state index contributed by atoms with van der Waals surface area (Å²) in [6, 6.07) is 9.57. The third-order valence-electron chi connectivity index (χ3n) is 3.76. The predicted octanol–water partition coefficient (Wildman–Crippen LogP) is 5.25. The van der Waals surface area contributed by atoms with Crippen LogP contribution in [0.2, 0.25) is 10.0 Å². The Bertz CT molecular complexity index is 1080. The first-order valence-corrected chi connectivity index (χ1v) is 9.41. The Morgan fingerprint density at radius 2 is 1.85 bits per heavy atom. The molecular weight excluding hydrogens is 393 g/mol. The summed E-state index contributed by atoms with van der Waals surface area (Å²) >= 11 is 13.7. The van der Waals surface area contributed by atoms with E-state index in [1.165, 1.54) is 17.3 Å². The second-order valence-corrected chi connectivity index (χ2v) is 7.91. The SMILES string of the molecule is Cc1ccc(-c2nnc([C@H](C)Sc3nnc4c(Cl)cc(Cl)cn34)o2)cc1. The molecule has 4 aromatic rings. The maximum absolute atomic E-state index is 6.15. The van der Waals surface area contributed by atoms with E-state index < -0.39 is 0 Å². The molecule has 0 radical (unpaired) electrons. The summed E-state index contributed by atoms with van der Waals surface area (Å²) in [6.45, 7) is 3.99. The van der Waals surface area contributed by atoms with Crippen molar-refractivity contribution in [3.63, 3.8) is 0 Å². The summed E-state index contributed by atoms with van der Waals surface area (Å²) in [5.74, 6) is 1.00. The van der Waals surface area contributed by atoms with E-state index in [0.29, 0.717) is 32.6 Å². The lowest BCUT2D eigenvalue weighted by molar-refractivity contribution is 0.509. The summed E-state index contributed by atoms with van der Waals surface area (Å²) in [6.07, 6.45) is 1.73. The van der Waals surface area contributed by atoms with Gasteiger partial charge in [-0.1, -0.05) is 52.7 Å². The zero-order valence-electron chi connectivity index (χ0n) is 13.8. The molecule has 4 rings (SSSR count). The smallest absolute Gasteiger partial charge is 0.247 e. The number of rotatable bonds is 4. The lowest BCUT2D eigenvalue weighted by Crippen LogP contribution is -1.93. The minimum Gasteiger partial charge on any atom is -0.419 e. The van der Waals surface area contributed by atoms with Crippen molar-refractivity contribution in [2.24, 2.45) is 0 Å². The van der Waals surface area contributed by atoms with E-state index in [2.05, 4.69) is 20.4 Å². The molecule has 0 bridgehead atoms. The minimum atomic E-state index is -0.119. The topological polar surface area (TPSA) is 69.1 Å². The number of aryl methyl sites for hydroxylation is 1. The van der Waals surface area contributed by atoms with E-state index in [-0.39, 0.29) is 5.25 Å². The molecule has 26 heavy (non-hydrogen) atoms. The van der Waals surface area contributed by atoms with Crippen molar-refractivity contribution in [3.05, 3.63) is 58.0 Å². The quantitative estimate of drug-likeness (QED) is 0.432. The maximum Gasteiger partial charge on any atom is 0.247 e. The van der Waals surface area contributed by atoms with Crippen molar-refractivity contribution >= 4 is 40.6 Å². The molecule has 9 heteroatoms. The number of hydrogen-bond donors (Lipinski definition) is 0. The van der Waals surface area contributed by atoms with E-state index >= 15 is 0 Å². The second kappa shape index (κ2) is 6.90. The van der Waals surface area contributed by atoms with Crippen LogP contribution in [0.15, 0.2) is 46.1 Å². The highest BCUT2D eigenvalue weighted by Crippen LogP contribution is 2.35. The molecular formula is C17H13Cl2N5OS. The molecule has 0 unspecified atom stereocenters. The largest absolute Gasteiger partial charge is 0.419 e. The van der Waals surface area contributed by atoms with Crippen LogP contribution in [0.3, 0.4) is 0 Å². The van der Waals surface area contributed by atoms with Crippen molar-refractivity contribution in [1.29, 1.82) is 0 Å². The fraction of sp³-hybridized carbons (Fsp3) is 0.176. The summed E-state index contributed by atoms with van der Waals surface area (Å²) in [4.78, 5) is 0. The highest BCUT2D eigenvalue weighted by atomic mass is 35.5. The number of fused-ring (bicyclic) bond motifs is 1. The molecule has 6 nitrogen and oxygen atoms in total. The Morgan fingerprint density at radius 3 is 2.62 bits per heavy atom. The second-order valence-electron chi connectivity index (χ2n) is 5.75. The van der Waals surface area contributed by atoms with Crippen LogP contribution in [-0.2, 0) is 0 Å². The van der Waals surface area contributed by atoms with Crippen LogP contribution in [0.5, 0.6) is 0 Å². The zero-order chi connectivity index (χ0) is 18.3. The van der Waals surface area contributed by atoms with Crippen LogP contribution < -0.4 is 0 Å². The molecule has 0 N–H and O–H groups in total. The normalized spacial score (nSPS) is 12.6. The van der Waals surface area contributed by atoms with Crippen molar-refractivity contribution < 1.29 is 4.42 Å².